The molecule has 0 aliphatic heterocycles. The van der Waals surface area contributed by atoms with Crippen LogP contribution in [-0.4, -0.2) is 6.54 Å². The van der Waals surface area contributed by atoms with Crippen molar-refractivity contribution in [3.63, 3.8) is 0 Å². The van der Waals surface area contributed by atoms with Gasteiger partial charge in [-0.2, -0.15) is 0 Å². The predicted octanol–water partition coefficient (Wildman–Crippen LogP) is 4.69. The van der Waals surface area contributed by atoms with E-state index in [2.05, 4.69) is 33.0 Å². The van der Waals surface area contributed by atoms with E-state index in [-0.39, 0.29) is 11.9 Å². The molecule has 102 valence electrons. The second-order valence-electron chi connectivity index (χ2n) is 6.08. The van der Waals surface area contributed by atoms with Crippen molar-refractivity contribution in [2.45, 2.75) is 53.0 Å². The first kappa shape index (κ1) is 15.2. The third-order valence-electron chi connectivity index (χ3n) is 3.15. The van der Waals surface area contributed by atoms with Crippen LogP contribution in [0.15, 0.2) is 24.3 Å². The van der Waals surface area contributed by atoms with Gasteiger partial charge in [-0.25, -0.2) is 4.39 Å². The second-order valence-corrected chi connectivity index (χ2v) is 6.08. The maximum Gasteiger partial charge on any atom is 0.127 e. The minimum atomic E-state index is -0.0980. The van der Waals surface area contributed by atoms with Crippen LogP contribution in [0.5, 0.6) is 0 Å². The largest absolute Gasteiger partial charge is 0.310 e. The highest BCUT2D eigenvalue weighted by Gasteiger charge is 2.16. The summed E-state index contributed by atoms with van der Waals surface area (Å²) in [5, 5.41) is 3.39. The molecule has 1 nitrogen and oxygen atoms in total. The average Bonchev–Trinajstić information content (AvgIpc) is 2.27. The molecule has 0 aromatic heterocycles. The Hall–Kier alpha value is -0.890. The highest BCUT2D eigenvalue weighted by Crippen LogP contribution is 2.27. The van der Waals surface area contributed by atoms with E-state index in [1.165, 1.54) is 6.42 Å². The molecule has 1 atom stereocenters. The summed E-state index contributed by atoms with van der Waals surface area (Å²) >= 11 is 0. The van der Waals surface area contributed by atoms with Gasteiger partial charge in [0.25, 0.3) is 0 Å². The van der Waals surface area contributed by atoms with Crippen molar-refractivity contribution in [2.75, 3.05) is 6.54 Å². The van der Waals surface area contributed by atoms with Gasteiger partial charge in [0.2, 0.25) is 0 Å². The van der Waals surface area contributed by atoms with E-state index in [9.17, 15) is 4.39 Å². The molecule has 0 spiro atoms. The third-order valence-corrected chi connectivity index (χ3v) is 3.15. The highest BCUT2D eigenvalue weighted by molar-refractivity contribution is 5.21. The molecule has 18 heavy (non-hydrogen) atoms. The van der Waals surface area contributed by atoms with Crippen LogP contribution in [0.1, 0.15) is 58.6 Å². The molecule has 0 aliphatic carbocycles. The first-order valence-corrected chi connectivity index (χ1v) is 6.92. The van der Waals surface area contributed by atoms with Crippen LogP contribution in [0.3, 0.4) is 0 Å². The van der Waals surface area contributed by atoms with E-state index in [4.69, 9.17) is 0 Å². The van der Waals surface area contributed by atoms with Crippen molar-refractivity contribution in [1.82, 2.24) is 5.32 Å². The SMILES string of the molecule is CCNC(CCCC(C)(C)C)c1ccccc1F. The zero-order valence-electron chi connectivity index (χ0n) is 12.1. The summed E-state index contributed by atoms with van der Waals surface area (Å²) in [5.74, 6) is -0.0980. The monoisotopic (exact) mass is 251 g/mol. The molecule has 1 aromatic rings. The molecule has 1 rings (SSSR count). The normalized spacial score (nSPS) is 13.6. The van der Waals surface area contributed by atoms with Gasteiger partial charge in [-0.05, 0) is 30.9 Å². The fourth-order valence-electron chi connectivity index (χ4n) is 2.21. The Kier molecular flexibility index (Phi) is 5.80. The Labute approximate surface area is 111 Å². The van der Waals surface area contributed by atoms with Crippen molar-refractivity contribution in [3.05, 3.63) is 35.6 Å². The van der Waals surface area contributed by atoms with Gasteiger partial charge in [0.05, 0.1) is 0 Å². The number of nitrogens with one attached hydrogen (secondary N) is 1. The quantitative estimate of drug-likeness (QED) is 0.773. The number of halogens is 1. The first-order valence-electron chi connectivity index (χ1n) is 6.92. The number of hydrogen-bond acceptors (Lipinski definition) is 1. The Morgan fingerprint density at radius 2 is 1.89 bits per heavy atom. The van der Waals surface area contributed by atoms with E-state index >= 15 is 0 Å². The van der Waals surface area contributed by atoms with Gasteiger partial charge >= 0.3 is 0 Å². The third kappa shape index (κ3) is 5.18. The zero-order valence-corrected chi connectivity index (χ0v) is 12.1. The number of rotatable bonds is 6. The van der Waals surface area contributed by atoms with Gasteiger partial charge in [-0.3, -0.25) is 0 Å². The lowest BCUT2D eigenvalue weighted by atomic mass is 9.88. The molecule has 0 fully saturated rings. The molecule has 1 aromatic carbocycles. The molecule has 0 bridgehead atoms. The fraction of sp³-hybridized carbons (Fsp3) is 0.625. The van der Waals surface area contributed by atoms with Crippen LogP contribution in [0.25, 0.3) is 0 Å². The van der Waals surface area contributed by atoms with Crippen molar-refractivity contribution in [1.29, 1.82) is 0 Å². The van der Waals surface area contributed by atoms with Gasteiger partial charge in [0, 0.05) is 11.6 Å². The predicted molar refractivity (Wildman–Crippen MR) is 76.1 cm³/mol. The lowest BCUT2D eigenvalue weighted by Gasteiger charge is -2.22. The van der Waals surface area contributed by atoms with E-state index in [0.717, 1.165) is 24.9 Å². The average molecular weight is 251 g/mol. The molecule has 1 unspecified atom stereocenters. The van der Waals surface area contributed by atoms with E-state index in [1.807, 2.05) is 12.1 Å². The van der Waals surface area contributed by atoms with Gasteiger partial charge in [-0.1, -0.05) is 52.3 Å². The molecule has 0 saturated carbocycles. The summed E-state index contributed by atoms with van der Waals surface area (Å²) in [6.45, 7) is 9.68. The molecule has 0 radical (unpaired) electrons. The molecule has 0 saturated heterocycles. The number of benzene rings is 1. The lowest BCUT2D eigenvalue weighted by molar-refractivity contribution is 0.343. The summed E-state index contributed by atoms with van der Waals surface area (Å²) in [7, 11) is 0. The molecular weight excluding hydrogens is 225 g/mol. The molecule has 0 amide bonds. The van der Waals surface area contributed by atoms with Crippen molar-refractivity contribution in [2.24, 2.45) is 5.41 Å². The highest BCUT2D eigenvalue weighted by atomic mass is 19.1. The lowest BCUT2D eigenvalue weighted by Crippen LogP contribution is -2.22. The van der Waals surface area contributed by atoms with Crippen LogP contribution in [0, 0.1) is 11.2 Å². The van der Waals surface area contributed by atoms with Gasteiger partial charge in [-0.15, -0.1) is 0 Å². The van der Waals surface area contributed by atoms with Crippen molar-refractivity contribution < 1.29 is 4.39 Å². The van der Waals surface area contributed by atoms with Crippen molar-refractivity contribution >= 4 is 0 Å². The second kappa shape index (κ2) is 6.89. The Balaban J connectivity index is 2.63. The van der Waals surface area contributed by atoms with E-state index in [1.54, 1.807) is 12.1 Å². The summed E-state index contributed by atoms with van der Waals surface area (Å²) in [6, 6.07) is 7.23. The standard InChI is InChI=1S/C16H26FN/c1-5-18-15(11-8-12-16(2,3)4)13-9-6-7-10-14(13)17/h6-7,9-10,15,18H,5,8,11-12H2,1-4H3. The molecule has 0 aliphatic rings. The topological polar surface area (TPSA) is 12.0 Å². The maximum atomic E-state index is 13.8. The Morgan fingerprint density at radius 1 is 1.22 bits per heavy atom. The molecular formula is C16H26FN. The van der Waals surface area contributed by atoms with Crippen LogP contribution >= 0.6 is 0 Å². The van der Waals surface area contributed by atoms with E-state index in [0.29, 0.717) is 5.41 Å². The van der Waals surface area contributed by atoms with Crippen LogP contribution in [0.2, 0.25) is 0 Å². The summed E-state index contributed by atoms with van der Waals surface area (Å²) in [6.07, 6.45) is 3.28. The van der Waals surface area contributed by atoms with Crippen LogP contribution < -0.4 is 5.32 Å². The van der Waals surface area contributed by atoms with Crippen molar-refractivity contribution in [3.8, 4) is 0 Å². The first-order chi connectivity index (χ1) is 8.44. The van der Waals surface area contributed by atoms with E-state index < -0.39 is 0 Å². The molecule has 1 N–H and O–H groups in total. The summed E-state index contributed by atoms with van der Waals surface area (Å²) < 4.78 is 13.8. The minimum Gasteiger partial charge on any atom is -0.310 e. The van der Waals surface area contributed by atoms with Gasteiger partial charge in [0.1, 0.15) is 5.82 Å². The van der Waals surface area contributed by atoms with Gasteiger partial charge in [0.15, 0.2) is 0 Å². The summed E-state index contributed by atoms with van der Waals surface area (Å²) in [5.41, 5.74) is 1.15. The summed E-state index contributed by atoms with van der Waals surface area (Å²) in [4.78, 5) is 0. The smallest absolute Gasteiger partial charge is 0.127 e. The molecule has 2 heteroatoms. The van der Waals surface area contributed by atoms with Gasteiger partial charge < -0.3 is 5.32 Å². The Bertz CT molecular complexity index is 354. The van der Waals surface area contributed by atoms with Crippen LogP contribution in [0.4, 0.5) is 4.39 Å². The Morgan fingerprint density at radius 3 is 2.44 bits per heavy atom. The number of hydrogen-bond donors (Lipinski definition) is 1. The van der Waals surface area contributed by atoms with Crippen LogP contribution in [-0.2, 0) is 0 Å². The maximum absolute atomic E-state index is 13.8. The minimum absolute atomic E-state index is 0.0980. The fourth-order valence-corrected chi connectivity index (χ4v) is 2.21. The molecule has 0 heterocycles. The zero-order chi connectivity index (χ0) is 13.6.